The summed E-state index contributed by atoms with van der Waals surface area (Å²) in [5, 5.41) is 24.6. The molecule has 3 fully saturated rings. The lowest BCUT2D eigenvalue weighted by atomic mass is 9.84. The van der Waals surface area contributed by atoms with E-state index in [-0.39, 0.29) is 61.8 Å². The number of nitrogens with two attached hydrogens (primary N) is 2. The number of primary amides is 2. The van der Waals surface area contributed by atoms with Gasteiger partial charge in [-0.2, -0.15) is 0 Å². The molecule has 3 atom stereocenters. The number of ether oxygens (including phenoxy) is 1. The maximum absolute atomic E-state index is 14.8. The van der Waals surface area contributed by atoms with Gasteiger partial charge in [0.15, 0.2) is 9.84 Å². The number of nitrogens with one attached hydrogen (secondary N) is 2. The van der Waals surface area contributed by atoms with Crippen LogP contribution in [-0.2, 0) is 44.1 Å². The molecular formula is C35H48N8O10S. The predicted octanol–water partition coefficient (Wildman–Crippen LogP) is -0.605. The second-order valence-corrected chi connectivity index (χ2v) is 16.9. The Kier molecular flexibility index (Phi) is 12.2. The van der Waals surface area contributed by atoms with Crippen molar-refractivity contribution in [2.45, 2.75) is 106 Å². The van der Waals surface area contributed by atoms with E-state index in [0.29, 0.717) is 5.69 Å². The second-order valence-electron chi connectivity index (χ2n) is 14.9. The fraction of sp³-hybridized carbons (Fsp3) is 0.600. The van der Waals surface area contributed by atoms with Crippen LogP contribution in [0.5, 0.6) is 0 Å². The Morgan fingerprint density at radius 3 is 2.28 bits per heavy atom. The predicted molar refractivity (Wildman–Crippen MR) is 190 cm³/mol. The minimum atomic E-state index is -4.03. The lowest BCUT2D eigenvalue weighted by molar-refractivity contribution is -0.147. The summed E-state index contributed by atoms with van der Waals surface area (Å²) in [7, 11) is -4.03. The van der Waals surface area contributed by atoms with Crippen LogP contribution < -0.4 is 22.1 Å². The van der Waals surface area contributed by atoms with Gasteiger partial charge >= 0.3 is 0 Å². The quantitative estimate of drug-likeness (QED) is 0.151. The first-order valence-electron chi connectivity index (χ1n) is 18.0. The van der Waals surface area contributed by atoms with E-state index in [4.69, 9.17) is 16.2 Å². The van der Waals surface area contributed by atoms with Crippen LogP contribution in [0.1, 0.15) is 93.7 Å². The summed E-state index contributed by atoms with van der Waals surface area (Å²) in [6.07, 6.45) is 6.20. The number of rotatable bonds is 14. The van der Waals surface area contributed by atoms with Gasteiger partial charge < -0.3 is 36.8 Å². The molecular weight excluding hydrogens is 724 g/mol. The second kappa shape index (κ2) is 16.3. The van der Waals surface area contributed by atoms with Crippen molar-refractivity contribution in [3.8, 4) is 0 Å². The summed E-state index contributed by atoms with van der Waals surface area (Å²) < 4.78 is 31.8. The van der Waals surface area contributed by atoms with Crippen molar-refractivity contribution in [1.82, 2.24) is 30.5 Å². The maximum atomic E-state index is 14.8. The van der Waals surface area contributed by atoms with E-state index in [1.54, 1.807) is 13.8 Å². The van der Waals surface area contributed by atoms with Crippen molar-refractivity contribution in [3.63, 3.8) is 0 Å². The number of aliphatic hydroxyl groups is 1. The zero-order chi connectivity index (χ0) is 39.4. The molecule has 0 bridgehead atoms. The Balaban J connectivity index is 1.47. The number of Topliss-reactive ketones (excluding diaryl/α,β-unsaturated/α-hetero) is 1. The first-order chi connectivity index (χ1) is 25.4. The van der Waals surface area contributed by atoms with Crippen LogP contribution in [0.2, 0.25) is 0 Å². The minimum Gasteiger partial charge on any atom is -0.384 e. The first kappa shape index (κ1) is 40.4. The molecule has 3 aliphatic rings. The number of hydrogen-bond donors (Lipinski definition) is 5. The van der Waals surface area contributed by atoms with Crippen molar-refractivity contribution in [2.75, 3.05) is 25.5 Å². The standard InChI is InChI=1S/C35H48N8O10S/c1-34(2,50)27-18-38-41-43(27)23-17-26(32(48)40-35(29(45)30(37)46)12-14-53-15-13-35)42(19-23)33(49)25(16-21-6-4-3-5-7-21)39-31(47)22-8-10-24(11-9-22)54(51,52)20-28(36)44/h8-11,18,21,23,25-26,50H,3-7,12-17,19-20H2,1-2H3,(H2,36,44)(H2,37,46)(H,39,47)(H,40,48)/t23?,25-,26?/m1/s1. The molecule has 1 saturated carbocycles. The highest BCUT2D eigenvalue weighted by atomic mass is 32.2. The molecule has 54 heavy (non-hydrogen) atoms. The minimum absolute atomic E-state index is 0.00725. The summed E-state index contributed by atoms with van der Waals surface area (Å²) in [6.45, 7) is 3.17. The summed E-state index contributed by atoms with van der Waals surface area (Å²) in [6, 6.07) is 1.89. The van der Waals surface area contributed by atoms with Crippen LogP contribution in [-0.4, -0.2) is 112 Å². The van der Waals surface area contributed by atoms with Crippen LogP contribution in [0.3, 0.4) is 0 Å². The molecule has 5 amide bonds. The van der Waals surface area contributed by atoms with Gasteiger partial charge in [0.1, 0.15) is 29.0 Å². The SMILES string of the molecule is CC(C)(O)c1cnnn1C1CC(C(=O)NC2(C(=O)C(N)=O)CCOCC2)N(C(=O)[C@@H](CC2CCCCC2)NC(=O)c2ccc(S(=O)(=O)CC(N)=O)cc2)C1. The molecule has 1 aliphatic carbocycles. The van der Waals surface area contributed by atoms with Crippen molar-refractivity contribution in [3.05, 3.63) is 41.7 Å². The molecule has 1 aromatic heterocycles. The molecule has 294 valence electrons. The number of nitrogens with zero attached hydrogens (tertiary/aromatic N) is 4. The Bertz CT molecular complexity index is 1860. The van der Waals surface area contributed by atoms with Crippen LogP contribution in [0, 0.1) is 5.92 Å². The summed E-state index contributed by atoms with van der Waals surface area (Å²) in [5.41, 5.74) is 7.82. The summed E-state index contributed by atoms with van der Waals surface area (Å²) in [5.74, 6) is -6.03. The maximum Gasteiger partial charge on any atom is 0.287 e. The summed E-state index contributed by atoms with van der Waals surface area (Å²) in [4.78, 5) is 80.3. The third kappa shape index (κ3) is 9.12. The Morgan fingerprint density at radius 2 is 1.69 bits per heavy atom. The average molecular weight is 773 g/mol. The van der Waals surface area contributed by atoms with Crippen molar-refractivity contribution in [2.24, 2.45) is 17.4 Å². The van der Waals surface area contributed by atoms with Crippen LogP contribution in [0.15, 0.2) is 35.4 Å². The molecule has 2 saturated heterocycles. The number of carbonyl (C=O) groups is 6. The number of likely N-dealkylation sites (tertiary alicyclic amines) is 1. The van der Waals surface area contributed by atoms with Gasteiger partial charge in [-0.1, -0.05) is 37.3 Å². The van der Waals surface area contributed by atoms with Crippen molar-refractivity contribution >= 4 is 45.2 Å². The highest BCUT2D eigenvalue weighted by molar-refractivity contribution is 7.92. The number of benzene rings is 1. The molecule has 19 heteroatoms. The van der Waals surface area contributed by atoms with Crippen LogP contribution >= 0.6 is 0 Å². The largest absolute Gasteiger partial charge is 0.384 e. The number of hydrogen-bond acceptors (Lipinski definition) is 12. The molecule has 18 nitrogen and oxygen atoms in total. The number of amides is 5. The molecule has 2 aliphatic heterocycles. The third-order valence-electron chi connectivity index (χ3n) is 10.5. The highest BCUT2D eigenvalue weighted by Gasteiger charge is 2.49. The van der Waals surface area contributed by atoms with Gasteiger partial charge in [0, 0.05) is 44.6 Å². The van der Waals surface area contributed by atoms with E-state index in [1.807, 2.05) is 0 Å². The van der Waals surface area contributed by atoms with Crippen LogP contribution in [0.4, 0.5) is 0 Å². The van der Waals surface area contributed by atoms with Gasteiger partial charge in [0.25, 0.3) is 11.8 Å². The Hall–Kier alpha value is -4.75. The van der Waals surface area contributed by atoms with Gasteiger partial charge in [-0.25, -0.2) is 13.1 Å². The van der Waals surface area contributed by atoms with Gasteiger partial charge in [-0.15, -0.1) is 5.10 Å². The molecule has 3 heterocycles. The highest BCUT2D eigenvalue weighted by Crippen LogP contribution is 2.34. The number of carbonyl (C=O) groups excluding carboxylic acids is 6. The molecule has 1 aromatic carbocycles. The normalized spacial score (nSPS) is 21.2. The van der Waals surface area contributed by atoms with E-state index in [2.05, 4.69) is 20.9 Å². The smallest absolute Gasteiger partial charge is 0.287 e. The molecule has 0 radical (unpaired) electrons. The lowest BCUT2D eigenvalue weighted by Gasteiger charge is -2.37. The van der Waals surface area contributed by atoms with E-state index >= 15 is 0 Å². The van der Waals surface area contributed by atoms with E-state index < -0.39 is 80.2 Å². The fourth-order valence-corrected chi connectivity index (χ4v) is 8.71. The van der Waals surface area contributed by atoms with Crippen LogP contribution in [0.25, 0.3) is 0 Å². The zero-order valence-electron chi connectivity index (χ0n) is 30.4. The Labute approximate surface area is 312 Å². The zero-order valence-corrected chi connectivity index (χ0v) is 31.2. The molecule has 2 aromatic rings. The first-order valence-corrected chi connectivity index (χ1v) is 19.7. The lowest BCUT2D eigenvalue weighted by Crippen LogP contribution is -2.64. The van der Waals surface area contributed by atoms with Gasteiger partial charge in [0.2, 0.25) is 23.5 Å². The Morgan fingerprint density at radius 1 is 1.04 bits per heavy atom. The van der Waals surface area contributed by atoms with Gasteiger partial charge in [0.05, 0.1) is 22.8 Å². The van der Waals surface area contributed by atoms with E-state index in [1.165, 1.54) is 40.0 Å². The molecule has 2 unspecified atom stereocenters. The molecule has 7 N–H and O–H groups in total. The molecule has 5 rings (SSSR count). The number of sulfone groups is 1. The summed E-state index contributed by atoms with van der Waals surface area (Å²) >= 11 is 0. The van der Waals surface area contributed by atoms with Crippen molar-refractivity contribution in [1.29, 1.82) is 0 Å². The fourth-order valence-electron chi connectivity index (χ4n) is 7.62. The monoisotopic (exact) mass is 772 g/mol. The molecule has 0 spiro atoms. The van der Waals surface area contributed by atoms with Gasteiger partial charge in [-0.3, -0.25) is 28.8 Å². The third-order valence-corrected chi connectivity index (χ3v) is 12.1. The topological polar surface area (TPSA) is 276 Å². The number of ketones is 1. The average Bonchev–Trinajstić information content (AvgIpc) is 3.80. The van der Waals surface area contributed by atoms with E-state index in [0.717, 1.165) is 32.1 Å². The van der Waals surface area contributed by atoms with Gasteiger partial charge in [-0.05, 0) is 50.5 Å². The number of aromatic nitrogens is 3. The van der Waals surface area contributed by atoms with Crippen molar-refractivity contribution < 1.29 is 47.0 Å². The van der Waals surface area contributed by atoms with E-state index in [9.17, 15) is 42.3 Å².